The Labute approximate surface area is 127 Å². The van der Waals surface area contributed by atoms with Crippen LogP contribution in [0.3, 0.4) is 0 Å². The van der Waals surface area contributed by atoms with Crippen LogP contribution in [0.5, 0.6) is 0 Å². The highest BCUT2D eigenvalue weighted by atomic mass is 16.2. The Hall–Kier alpha value is -2.09. The molecular formula is C19H23NO. The summed E-state index contributed by atoms with van der Waals surface area (Å²) in [6.07, 6.45) is 2.57. The lowest BCUT2D eigenvalue weighted by atomic mass is 10.0. The maximum absolute atomic E-state index is 12.6. The zero-order chi connectivity index (χ0) is 15.1. The summed E-state index contributed by atoms with van der Waals surface area (Å²) in [4.78, 5) is 14.6. The van der Waals surface area contributed by atoms with E-state index in [4.69, 9.17) is 0 Å². The molecule has 2 rings (SSSR count). The van der Waals surface area contributed by atoms with E-state index in [2.05, 4.69) is 26.0 Å². The normalized spacial score (nSPS) is 11.9. The predicted octanol–water partition coefficient (Wildman–Crippen LogP) is 4.97. The standard InChI is InChI=1S/C19H23NO/c1-3-4-15-19(21)20(18-13-9-6-10-14-18)16(2)17-11-7-5-8-12-17/h5-14,16H,3-4,15H2,1-2H3. The SMILES string of the molecule is CCCCC(=O)N(c1ccccc1)C(C)c1ccccc1. The molecule has 0 aromatic heterocycles. The Bertz CT molecular complexity index is 550. The number of unbranched alkanes of at least 4 members (excludes halogenated alkanes) is 1. The minimum absolute atomic E-state index is 0.0398. The predicted molar refractivity (Wildman–Crippen MR) is 88.3 cm³/mol. The summed E-state index contributed by atoms with van der Waals surface area (Å²) in [5.41, 5.74) is 2.13. The van der Waals surface area contributed by atoms with Crippen LogP contribution in [0.4, 0.5) is 5.69 Å². The van der Waals surface area contributed by atoms with E-state index in [-0.39, 0.29) is 11.9 Å². The maximum Gasteiger partial charge on any atom is 0.227 e. The van der Waals surface area contributed by atoms with Gasteiger partial charge in [-0.1, -0.05) is 61.9 Å². The molecule has 0 saturated carbocycles. The Balaban J connectivity index is 2.30. The summed E-state index contributed by atoms with van der Waals surface area (Å²) in [5, 5.41) is 0. The largest absolute Gasteiger partial charge is 0.305 e. The summed E-state index contributed by atoms with van der Waals surface area (Å²) in [5.74, 6) is 0.194. The Morgan fingerprint density at radius 3 is 2.14 bits per heavy atom. The highest BCUT2D eigenvalue weighted by Crippen LogP contribution is 2.27. The number of amides is 1. The van der Waals surface area contributed by atoms with Crippen LogP contribution in [-0.4, -0.2) is 5.91 Å². The van der Waals surface area contributed by atoms with Gasteiger partial charge in [-0.15, -0.1) is 0 Å². The second kappa shape index (κ2) is 7.63. The van der Waals surface area contributed by atoms with Crippen molar-refractivity contribution < 1.29 is 4.79 Å². The minimum Gasteiger partial charge on any atom is -0.305 e. The van der Waals surface area contributed by atoms with Gasteiger partial charge < -0.3 is 4.90 Å². The van der Waals surface area contributed by atoms with E-state index in [1.54, 1.807) is 0 Å². The average Bonchev–Trinajstić information content (AvgIpc) is 2.55. The molecule has 2 aromatic rings. The first kappa shape index (κ1) is 15.3. The molecule has 0 bridgehead atoms. The molecule has 1 atom stereocenters. The van der Waals surface area contributed by atoms with Gasteiger partial charge >= 0.3 is 0 Å². The summed E-state index contributed by atoms with van der Waals surface area (Å²) in [6, 6.07) is 20.2. The van der Waals surface area contributed by atoms with Gasteiger partial charge in [0.05, 0.1) is 6.04 Å². The number of hydrogen-bond acceptors (Lipinski definition) is 1. The molecular weight excluding hydrogens is 258 g/mol. The average molecular weight is 281 g/mol. The zero-order valence-corrected chi connectivity index (χ0v) is 12.8. The van der Waals surface area contributed by atoms with E-state index in [0.717, 1.165) is 24.1 Å². The molecule has 1 amide bonds. The van der Waals surface area contributed by atoms with Crippen LogP contribution in [0.25, 0.3) is 0 Å². The van der Waals surface area contributed by atoms with Gasteiger partial charge in [-0.3, -0.25) is 4.79 Å². The Morgan fingerprint density at radius 1 is 1.00 bits per heavy atom. The Kier molecular flexibility index (Phi) is 5.56. The Morgan fingerprint density at radius 2 is 1.57 bits per heavy atom. The highest BCUT2D eigenvalue weighted by Gasteiger charge is 2.22. The van der Waals surface area contributed by atoms with Crippen LogP contribution in [-0.2, 0) is 4.79 Å². The van der Waals surface area contributed by atoms with Crippen molar-refractivity contribution in [2.24, 2.45) is 0 Å². The molecule has 2 aromatic carbocycles. The van der Waals surface area contributed by atoms with Crippen LogP contribution in [0, 0.1) is 0 Å². The van der Waals surface area contributed by atoms with Crippen molar-refractivity contribution in [3.8, 4) is 0 Å². The van der Waals surface area contributed by atoms with Gasteiger partial charge in [0, 0.05) is 12.1 Å². The van der Waals surface area contributed by atoms with Crippen molar-refractivity contribution >= 4 is 11.6 Å². The smallest absolute Gasteiger partial charge is 0.227 e. The molecule has 0 N–H and O–H groups in total. The molecule has 21 heavy (non-hydrogen) atoms. The third-order valence-corrected chi connectivity index (χ3v) is 3.72. The van der Waals surface area contributed by atoms with Crippen molar-refractivity contribution in [3.63, 3.8) is 0 Å². The molecule has 0 saturated heterocycles. The van der Waals surface area contributed by atoms with E-state index >= 15 is 0 Å². The molecule has 0 aliphatic rings. The fraction of sp³-hybridized carbons (Fsp3) is 0.316. The van der Waals surface area contributed by atoms with E-state index in [1.807, 2.05) is 53.4 Å². The van der Waals surface area contributed by atoms with Gasteiger partial charge in [-0.25, -0.2) is 0 Å². The fourth-order valence-corrected chi connectivity index (χ4v) is 2.50. The van der Waals surface area contributed by atoms with E-state index in [1.165, 1.54) is 0 Å². The van der Waals surface area contributed by atoms with Crippen LogP contribution < -0.4 is 4.90 Å². The molecule has 110 valence electrons. The van der Waals surface area contributed by atoms with Crippen LogP contribution >= 0.6 is 0 Å². The topological polar surface area (TPSA) is 20.3 Å². The zero-order valence-electron chi connectivity index (χ0n) is 12.8. The summed E-state index contributed by atoms with van der Waals surface area (Å²) in [6.45, 7) is 4.20. The second-order valence-electron chi connectivity index (χ2n) is 5.29. The number of carbonyl (C=O) groups is 1. The second-order valence-corrected chi connectivity index (χ2v) is 5.29. The molecule has 0 aliphatic carbocycles. The van der Waals surface area contributed by atoms with E-state index < -0.39 is 0 Å². The third-order valence-electron chi connectivity index (χ3n) is 3.72. The van der Waals surface area contributed by atoms with Crippen LogP contribution in [0.2, 0.25) is 0 Å². The summed E-state index contributed by atoms with van der Waals surface area (Å²) < 4.78 is 0. The maximum atomic E-state index is 12.6. The highest BCUT2D eigenvalue weighted by molar-refractivity contribution is 5.94. The minimum atomic E-state index is 0.0398. The number of nitrogens with zero attached hydrogens (tertiary/aromatic N) is 1. The van der Waals surface area contributed by atoms with Gasteiger partial charge in [-0.2, -0.15) is 0 Å². The van der Waals surface area contributed by atoms with Crippen LogP contribution in [0.1, 0.15) is 44.7 Å². The van der Waals surface area contributed by atoms with Crippen molar-refractivity contribution in [3.05, 3.63) is 66.2 Å². The summed E-state index contributed by atoms with van der Waals surface area (Å²) in [7, 11) is 0. The van der Waals surface area contributed by atoms with Gasteiger partial charge in [0.2, 0.25) is 5.91 Å². The van der Waals surface area contributed by atoms with Crippen molar-refractivity contribution in [2.75, 3.05) is 4.90 Å². The molecule has 0 fully saturated rings. The number of anilines is 1. The number of benzene rings is 2. The fourth-order valence-electron chi connectivity index (χ4n) is 2.50. The van der Waals surface area contributed by atoms with Crippen molar-refractivity contribution in [2.45, 2.75) is 39.2 Å². The van der Waals surface area contributed by atoms with Crippen molar-refractivity contribution in [1.29, 1.82) is 0 Å². The van der Waals surface area contributed by atoms with Crippen molar-refractivity contribution in [1.82, 2.24) is 0 Å². The van der Waals surface area contributed by atoms with E-state index in [0.29, 0.717) is 6.42 Å². The first-order chi connectivity index (χ1) is 10.2. The molecule has 2 heteroatoms. The monoisotopic (exact) mass is 281 g/mol. The number of carbonyl (C=O) groups excluding carboxylic acids is 1. The first-order valence-electron chi connectivity index (χ1n) is 7.66. The molecule has 0 spiro atoms. The van der Waals surface area contributed by atoms with Gasteiger partial charge in [-0.05, 0) is 31.0 Å². The number of rotatable bonds is 6. The third kappa shape index (κ3) is 3.94. The molecule has 0 aliphatic heterocycles. The van der Waals surface area contributed by atoms with Gasteiger partial charge in [0.1, 0.15) is 0 Å². The molecule has 2 nitrogen and oxygen atoms in total. The molecule has 0 heterocycles. The number of hydrogen-bond donors (Lipinski definition) is 0. The quantitative estimate of drug-likeness (QED) is 0.732. The van der Waals surface area contributed by atoms with E-state index in [9.17, 15) is 4.79 Å². The lowest BCUT2D eigenvalue weighted by Gasteiger charge is -2.30. The van der Waals surface area contributed by atoms with Gasteiger partial charge in [0.15, 0.2) is 0 Å². The van der Waals surface area contributed by atoms with Gasteiger partial charge in [0.25, 0.3) is 0 Å². The first-order valence-corrected chi connectivity index (χ1v) is 7.66. The summed E-state index contributed by atoms with van der Waals surface area (Å²) >= 11 is 0. The lowest BCUT2D eigenvalue weighted by Crippen LogP contribution is -2.33. The number of para-hydroxylation sites is 1. The van der Waals surface area contributed by atoms with Crippen LogP contribution in [0.15, 0.2) is 60.7 Å². The molecule has 0 radical (unpaired) electrons. The molecule has 1 unspecified atom stereocenters. The lowest BCUT2D eigenvalue weighted by molar-refractivity contribution is -0.119.